The lowest BCUT2D eigenvalue weighted by Crippen LogP contribution is -2.64. The Kier molecular flexibility index (Phi) is 2.69. The molecule has 1 heterocycles. The van der Waals surface area contributed by atoms with E-state index in [9.17, 15) is 4.79 Å². The Balaban J connectivity index is 2.24. The summed E-state index contributed by atoms with van der Waals surface area (Å²) in [6, 6.07) is 0. The van der Waals surface area contributed by atoms with E-state index in [1.165, 1.54) is 0 Å². The highest BCUT2D eigenvalue weighted by Gasteiger charge is 2.61. The first-order valence-electron chi connectivity index (χ1n) is 5.61. The minimum absolute atomic E-state index is 0.174. The van der Waals surface area contributed by atoms with Crippen LogP contribution in [0.1, 0.15) is 39.0 Å². The van der Waals surface area contributed by atoms with Gasteiger partial charge in [0.15, 0.2) is 12.1 Å². The molecular formula is C12H18O3. The fourth-order valence-electron chi connectivity index (χ4n) is 2.85. The van der Waals surface area contributed by atoms with Crippen LogP contribution in [0.3, 0.4) is 0 Å². The maximum atomic E-state index is 11.4. The molecule has 0 aromatic carbocycles. The molecule has 0 aromatic heterocycles. The molecule has 0 radical (unpaired) electrons. The third-order valence-electron chi connectivity index (χ3n) is 3.58. The first-order chi connectivity index (χ1) is 7.18. The fourth-order valence-corrected chi connectivity index (χ4v) is 2.85. The minimum atomic E-state index is -0.652. The van der Waals surface area contributed by atoms with Crippen LogP contribution in [-0.4, -0.2) is 18.4 Å². The van der Waals surface area contributed by atoms with Crippen molar-refractivity contribution in [2.75, 3.05) is 0 Å². The second-order valence-corrected chi connectivity index (χ2v) is 4.53. The Morgan fingerprint density at radius 1 is 1.40 bits per heavy atom. The molecule has 1 spiro atoms. The van der Waals surface area contributed by atoms with Crippen molar-refractivity contribution in [3.05, 3.63) is 12.7 Å². The second-order valence-electron chi connectivity index (χ2n) is 4.53. The van der Waals surface area contributed by atoms with Gasteiger partial charge in [-0.2, -0.15) is 0 Å². The standard InChI is InChI=1S/C12H18O3/c1-3-6-11(9-13)7-4-5-8-12(11)14-10(2)15-12/h3,9-10H,1,4-8H2,2H3. The van der Waals surface area contributed by atoms with Crippen molar-refractivity contribution in [2.45, 2.75) is 51.1 Å². The molecule has 2 aliphatic rings. The maximum Gasteiger partial charge on any atom is 0.186 e. The number of carbonyl (C=O) groups excluding carboxylic acids is 1. The first kappa shape index (κ1) is 10.8. The molecule has 3 heteroatoms. The van der Waals surface area contributed by atoms with Crippen molar-refractivity contribution >= 4 is 6.29 Å². The number of allylic oxidation sites excluding steroid dienone is 1. The Hall–Kier alpha value is -0.670. The van der Waals surface area contributed by atoms with E-state index < -0.39 is 11.2 Å². The Morgan fingerprint density at radius 2 is 2.07 bits per heavy atom. The second kappa shape index (κ2) is 3.72. The highest BCUT2D eigenvalue weighted by atomic mass is 16.9. The van der Waals surface area contributed by atoms with Crippen LogP contribution in [0.5, 0.6) is 0 Å². The zero-order valence-corrected chi connectivity index (χ0v) is 9.20. The first-order valence-corrected chi connectivity index (χ1v) is 5.61. The molecule has 0 bridgehead atoms. The van der Waals surface area contributed by atoms with Gasteiger partial charge >= 0.3 is 0 Å². The molecule has 2 fully saturated rings. The van der Waals surface area contributed by atoms with E-state index in [-0.39, 0.29) is 6.29 Å². The van der Waals surface area contributed by atoms with Gasteiger partial charge < -0.3 is 14.3 Å². The molecule has 0 N–H and O–H groups in total. The molecule has 84 valence electrons. The van der Waals surface area contributed by atoms with Crippen LogP contribution in [0.15, 0.2) is 12.7 Å². The molecule has 1 aliphatic carbocycles. The average Bonchev–Trinajstić information content (AvgIpc) is 2.19. The average molecular weight is 210 g/mol. The quantitative estimate of drug-likeness (QED) is 0.530. The Morgan fingerprint density at radius 3 is 2.60 bits per heavy atom. The summed E-state index contributed by atoms with van der Waals surface area (Å²) in [6.45, 7) is 5.59. The molecule has 0 aromatic rings. The number of hydrogen-bond donors (Lipinski definition) is 0. The van der Waals surface area contributed by atoms with E-state index in [1.807, 2.05) is 6.92 Å². The van der Waals surface area contributed by atoms with Crippen LogP contribution in [0.4, 0.5) is 0 Å². The summed E-state index contributed by atoms with van der Waals surface area (Å²) in [5.41, 5.74) is -0.500. The van der Waals surface area contributed by atoms with Crippen LogP contribution in [0.25, 0.3) is 0 Å². The number of carbonyl (C=O) groups is 1. The van der Waals surface area contributed by atoms with Gasteiger partial charge in [-0.05, 0) is 26.2 Å². The molecule has 2 rings (SSSR count). The van der Waals surface area contributed by atoms with Crippen LogP contribution in [0, 0.1) is 5.41 Å². The number of hydrogen-bond acceptors (Lipinski definition) is 3. The molecule has 1 aliphatic heterocycles. The summed E-state index contributed by atoms with van der Waals surface area (Å²) < 4.78 is 11.5. The Bertz CT molecular complexity index is 263. The van der Waals surface area contributed by atoms with Crippen LogP contribution >= 0.6 is 0 Å². The van der Waals surface area contributed by atoms with Gasteiger partial charge in [0.05, 0.1) is 5.41 Å². The zero-order chi connectivity index (χ0) is 10.9. The minimum Gasteiger partial charge on any atom is -0.320 e. The van der Waals surface area contributed by atoms with Gasteiger partial charge in [0.25, 0.3) is 0 Å². The van der Waals surface area contributed by atoms with Crippen molar-refractivity contribution in [1.82, 2.24) is 0 Å². The van der Waals surface area contributed by atoms with E-state index in [0.717, 1.165) is 32.0 Å². The maximum absolute atomic E-state index is 11.4. The van der Waals surface area contributed by atoms with Crippen molar-refractivity contribution in [1.29, 1.82) is 0 Å². The highest BCUT2D eigenvalue weighted by Crippen LogP contribution is 2.54. The van der Waals surface area contributed by atoms with Gasteiger partial charge in [-0.15, -0.1) is 6.58 Å². The molecule has 1 saturated heterocycles. The largest absolute Gasteiger partial charge is 0.320 e. The van der Waals surface area contributed by atoms with Crippen molar-refractivity contribution in [2.24, 2.45) is 5.41 Å². The lowest BCUT2D eigenvalue weighted by atomic mass is 9.67. The SMILES string of the molecule is C=CCC1(C=O)CCCCC12OC(C)O2. The van der Waals surface area contributed by atoms with Crippen LogP contribution in [-0.2, 0) is 14.3 Å². The zero-order valence-electron chi connectivity index (χ0n) is 9.20. The summed E-state index contributed by atoms with van der Waals surface area (Å²) in [7, 11) is 0. The van der Waals surface area contributed by atoms with Gasteiger partial charge in [-0.3, -0.25) is 0 Å². The van der Waals surface area contributed by atoms with Crippen LogP contribution in [0.2, 0.25) is 0 Å². The van der Waals surface area contributed by atoms with Crippen molar-refractivity contribution in [3.8, 4) is 0 Å². The van der Waals surface area contributed by atoms with E-state index >= 15 is 0 Å². The third-order valence-corrected chi connectivity index (χ3v) is 3.58. The normalized spacial score (nSPS) is 44.7. The fraction of sp³-hybridized carbons (Fsp3) is 0.750. The Labute approximate surface area is 90.4 Å². The smallest absolute Gasteiger partial charge is 0.186 e. The van der Waals surface area contributed by atoms with Gasteiger partial charge in [0.2, 0.25) is 0 Å². The van der Waals surface area contributed by atoms with E-state index in [1.54, 1.807) is 6.08 Å². The molecular weight excluding hydrogens is 192 g/mol. The van der Waals surface area contributed by atoms with Crippen molar-refractivity contribution < 1.29 is 14.3 Å². The predicted octanol–water partition coefficient (Wildman–Crippen LogP) is 2.41. The summed E-state index contributed by atoms with van der Waals surface area (Å²) >= 11 is 0. The predicted molar refractivity (Wildman–Crippen MR) is 56.1 cm³/mol. The summed E-state index contributed by atoms with van der Waals surface area (Å²) in [6.07, 6.45) is 7.07. The van der Waals surface area contributed by atoms with Gasteiger partial charge in [-0.1, -0.05) is 12.5 Å². The molecule has 15 heavy (non-hydrogen) atoms. The number of rotatable bonds is 3. The van der Waals surface area contributed by atoms with E-state index in [4.69, 9.17) is 9.47 Å². The van der Waals surface area contributed by atoms with Gasteiger partial charge in [-0.25, -0.2) is 0 Å². The topological polar surface area (TPSA) is 35.5 Å². The van der Waals surface area contributed by atoms with E-state index in [2.05, 4.69) is 6.58 Å². The molecule has 3 nitrogen and oxygen atoms in total. The molecule has 1 unspecified atom stereocenters. The number of ether oxygens (including phenoxy) is 2. The highest BCUT2D eigenvalue weighted by molar-refractivity contribution is 5.62. The summed E-state index contributed by atoms with van der Waals surface area (Å²) in [4.78, 5) is 11.4. The summed E-state index contributed by atoms with van der Waals surface area (Å²) in [5.74, 6) is -0.652. The van der Waals surface area contributed by atoms with Gasteiger partial charge in [0.1, 0.15) is 6.29 Å². The third kappa shape index (κ3) is 1.45. The van der Waals surface area contributed by atoms with Crippen molar-refractivity contribution in [3.63, 3.8) is 0 Å². The molecule has 0 amide bonds. The molecule has 1 saturated carbocycles. The number of aldehydes is 1. The van der Waals surface area contributed by atoms with Crippen LogP contribution < -0.4 is 0 Å². The molecule has 1 atom stereocenters. The lowest BCUT2D eigenvalue weighted by Gasteiger charge is -2.57. The monoisotopic (exact) mass is 210 g/mol. The lowest BCUT2D eigenvalue weighted by molar-refractivity contribution is -0.480. The van der Waals surface area contributed by atoms with Gasteiger partial charge in [0, 0.05) is 6.42 Å². The summed E-state index contributed by atoms with van der Waals surface area (Å²) in [5, 5.41) is 0. The van der Waals surface area contributed by atoms with E-state index in [0.29, 0.717) is 6.42 Å².